The maximum absolute atomic E-state index is 11.8. The lowest BCUT2D eigenvalue weighted by atomic mass is 10.0. The highest BCUT2D eigenvalue weighted by Gasteiger charge is 2.17. The van der Waals surface area contributed by atoms with Gasteiger partial charge in [0.25, 0.3) is 0 Å². The largest absolute Gasteiger partial charge is 0.347 e. The molecule has 0 aliphatic heterocycles. The van der Waals surface area contributed by atoms with Crippen molar-refractivity contribution >= 4 is 5.91 Å². The van der Waals surface area contributed by atoms with Crippen LogP contribution < -0.4 is 11.1 Å². The Bertz CT molecular complexity index is 351. The molecule has 1 rings (SSSR count). The molecule has 94 valence electrons. The monoisotopic (exact) mass is 235 g/mol. The molecule has 0 aliphatic rings. The molecule has 17 heavy (non-hydrogen) atoms. The molecule has 3 N–H and O–H groups in total. The molecule has 1 aromatic heterocycles. The van der Waals surface area contributed by atoms with Crippen molar-refractivity contribution in [2.75, 3.05) is 0 Å². The second-order valence-electron chi connectivity index (χ2n) is 4.72. The lowest BCUT2D eigenvalue weighted by molar-refractivity contribution is -0.123. The molecular weight excluding hydrogens is 214 g/mol. The molecule has 0 radical (unpaired) electrons. The van der Waals surface area contributed by atoms with E-state index >= 15 is 0 Å². The van der Waals surface area contributed by atoms with Crippen LogP contribution in [0.4, 0.5) is 0 Å². The lowest BCUT2D eigenvalue weighted by Gasteiger charge is -2.18. The fourth-order valence-electron chi connectivity index (χ4n) is 1.64. The number of pyridine rings is 1. The average molecular weight is 235 g/mol. The van der Waals surface area contributed by atoms with Crippen molar-refractivity contribution in [2.45, 2.75) is 39.3 Å². The summed E-state index contributed by atoms with van der Waals surface area (Å²) < 4.78 is 0. The predicted octanol–water partition coefficient (Wildman–Crippen LogP) is 1.63. The zero-order valence-corrected chi connectivity index (χ0v) is 10.7. The molecule has 4 nitrogen and oxygen atoms in total. The van der Waals surface area contributed by atoms with Gasteiger partial charge in [-0.2, -0.15) is 0 Å². The van der Waals surface area contributed by atoms with E-state index in [1.54, 1.807) is 6.20 Å². The van der Waals surface area contributed by atoms with E-state index < -0.39 is 6.04 Å². The molecular formula is C13H21N3O. The zero-order chi connectivity index (χ0) is 12.8. The van der Waals surface area contributed by atoms with Crippen molar-refractivity contribution < 1.29 is 4.79 Å². The quantitative estimate of drug-likeness (QED) is 0.815. The van der Waals surface area contributed by atoms with E-state index in [-0.39, 0.29) is 11.9 Å². The Labute approximate surface area is 103 Å². The van der Waals surface area contributed by atoms with Gasteiger partial charge in [0.2, 0.25) is 5.91 Å². The third kappa shape index (κ3) is 4.53. The average Bonchev–Trinajstić information content (AvgIpc) is 2.29. The zero-order valence-electron chi connectivity index (χ0n) is 10.7. The summed E-state index contributed by atoms with van der Waals surface area (Å²) in [5.74, 6) is 0.303. The van der Waals surface area contributed by atoms with Gasteiger partial charge >= 0.3 is 0 Å². The Hall–Kier alpha value is -1.42. The molecule has 0 bridgehead atoms. The standard InChI is InChI=1S/C13H21N3O/c1-9(2)8-11(14)13(17)16-10(3)12-6-4-5-7-15-12/h4-7,9-11H,8,14H2,1-3H3,(H,16,17)/t10-,11+/m0/s1. The smallest absolute Gasteiger partial charge is 0.237 e. The second-order valence-corrected chi connectivity index (χ2v) is 4.72. The Morgan fingerprint density at radius 1 is 1.41 bits per heavy atom. The first-order valence-electron chi connectivity index (χ1n) is 5.97. The van der Waals surface area contributed by atoms with Gasteiger partial charge in [-0.3, -0.25) is 9.78 Å². The van der Waals surface area contributed by atoms with Crippen LogP contribution in [-0.4, -0.2) is 16.9 Å². The molecule has 1 amide bonds. The van der Waals surface area contributed by atoms with Gasteiger partial charge in [0.1, 0.15) is 0 Å². The van der Waals surface area contributed by atoms with Crippen LogP contribution in [0.3, 0.4) is 0 Å². The lowest BCUT2D eigenvalue weighted by Crippen LogP contribution is -2.42. The summed E-state index contributed by atoms with van der Waals surface area (Å²) in [5, 5.41) is 2.87. The first kappa shape index (κ1) is 13.6. The normalized spacial score (nSPS) is 14.4. The van der Waals surface area contributed by atoms with E-state index in [2.05, 4.69) is 24.1 Å². The third-order valence-electron chi connectivity index (χ3n) is 2.55. The van der Waals surface area contributed by atoms with Crippen LogP contribution in [0.15, 0.2) is 24.4 Å². The number of hydrogen-bond acceptors (Lipinski definition) is 3. The van der Waals surface area contributed by atoms with Crippen molar-refractivity contribution in [1.82, 2.24) is 10.3 Å². The Morgan fingerprint density at radius 2 is 2.12 bits per heavy atom. The summed E-state index contributed by atoms with van der Waals surface area (Å²) in [7, 11) is 0. The third-order valence-corrected chi connectivity index (χ3v) is 2.55. The number of nitrogens with one attached hydrogen (secondary N) is 1. The number of rotatable bonds is 5. The summed E-state index contributed by atoms with van der Waals surface area (Å²) in [6.45, 7) is 6.01. The van der Waals surface area contributed by atoms with Crippen molar-refractivity contribution in [3.63, 3.8) is 0 Å². The van der Waals surface area contributed by atoms with Crippen molar-refractivity contribution in [3.8, 4) is 0 Å². The highest BCUT2D eigenvalue weighted by Crippen LogP contribution is 2.09. The van der Waals surface area contributed by atoms with E-state index in [1.807, 2.05) is 25.1 Å². The SMILES string of the molecule is CC(C)C[C@@H](N)C(=O)N[C@@H](C)c1ccccn1. The van der Waals surface area contributed by atoms with Crippen LogP contribution in [0.1, 0.15) is 38.9 Å². The number of amides is 1. The van der Waals surface area contributed by atoms with Crippen LogP contribution in [0.25, 0.3) is 0 Å². The number of hydrogen-bond donors (Lipinski definition) is 2. The van der Waals surface area contributed by atoms with Crippen LogP contribution in [0, 0.1) is 5.92 Å². The maximum Gasteiger partial charge on any atom is 0.237 e. The van der Waals surface area contributed by atoms with Crippen molar-refractivity contribution in [1.29, 1.82) is 0 Å². The number of carbonyl (C=O) groups excluding carboxylic acids is 1. The molecule has 1 aromatic rings. The fraction of sp³-hybridized carbons (Fsp3) is 0.538. The minimum atomic E-state index is -0.443. The molecule has 0 saturated heterocycles. The summed E-state index contributed by atoms with van der Waals surface area (Å²) in [6.07, 6.45) is 2.41. The summed E-state index contributed by atoms with van der Waals surface area (Å²) in [4.78, 5) is 16.0. The Morgan fingerprint density at radius 3 is 2.65 bits per heavy atom. The highest BCUT2D eigenvalue weighted by atomic mass is 16.2. The topological polar surface area (TPSA) is 68.0 Å². The number of nitrogens with zero attached hydrogens (tertiary/aromatic N) is 1. The van der Waals surface area contributed by atoms with Gasteiger partial charge in [0.15, 0.2) is 0 Å². The molecule has 0 aromatic carbocycles. The van der Waals surface area contributed by atoms with Crippen LogP contribution >= 0.6 is 0 Å². The molecule has 0 spiro atoms. The number of carbonyl (C=O) groups is 1. The van der Waals surface area contributed by atoms with E-state index in [9.17, 15) is 4.79 Å². The van der Waals surface area contributed by atoms with Gasteiger partial charge in [-0.05, 0) is 31.4 Å². The Balaban J connectivity index is 2.51. The summed E-state index contributed by atoms with van der Waals surface area (Å²) in [6, 6.07) is 5.09. The minimum absolute atomic E-state index is 0.109. The molecule has 0 fully saturated rings. The second kappa shape index (κ2) is 6.35. The minimum Gasteiger partial charge on any atom is -0.347 e. The van der Waals surface area contributed by atoms with E-state index in [1.165, 1.54) is 0 Å². The number of aromatic nitrogens is 1. The van der Waals surface area contributed by atoms with Gasteiger partial charge in [0.05, 0.1) is 17.8 Å². The van der Waals surface area contributed by atoms with E-state index in [0.717, 1.165) is 5.69 Å². The van der Waals surface area contributed by atoms with Crippen molar-refractivity contribution in [2.24, 2.45) is 11.7 Å². The highest BCUT2D eigenvalue weighted by molar-refractivity contribution is 5.81. The van der Waals surface area contributed by atoms with Gasteiger partial charge in [0, 0.05) is 6.20 Å². The van der Waals surface area contributed by atoms with Crippen LogP contribution in [0.2, 0.25) is 0 Å². The van der Waals surface area contributed by atoms with Gasteiger partial charge in [-0.15, -0.1) is 0 Å². The summed E-state index contributed by atoms with van der Waals surface area (Å²) in [5.41, 5.74) is 6.66. The van der Waals surface area contributed by atoms with Gasteiger partial charge in [-0.1, -0.05) is 19.9 Å². The Kier molecular flexibility index (Phi) is 5.10. The first-order chi connectivity index (χ1) is 8.00. The van der Waals surface area contributed by atoms with Crippen molar-refractivity contribution in [3.05, 3.63) is 30.1 Å². The molecule has 0 saturated carbocycles. The maximum atomic E-state index is 11.8. The fourth-order valence-corrected chi connectivity index (χ4v) is 1.64. The van der Waals surface area contributed by atoms with E-state index in [0.29, 0.717) is 12.3 Å². The molecule has 2 atom stereocenters. The van der Waals surface area contributed by atoms with Crippen LogP contribution in [-0.2, 0) is 4.79 Å². The van der Waals surface area contributed by atoms with Crippen LogP contribution in [0.5, 0.6) is 0 Å². The summed E-state index contributed by atoms with van der Waals surface area (Å²) >= 11 is 0. The molecule has 0 unspecified atom stereocenters. The van der Waals surface area contributed by atoms with E-state index in [4.69, 9.17) is 5.73 Å². The van der Waals surface area contributed by atoms with Gasteiger partial charge < -0.3 is 11.1 Å². The molecule has 1 heterocycles. The predicted molar refractivity (Wildman–Crippen MR) is 68.2 cm³/mol. The van der Waals surface area contributed by atoms with Gasteiger partial charge in [-0.25, -0.2) is 0 Å². The molecule has 0 aliphatic carbocycles. The number of nitrogens with two attached hydrogens (primary N) is 1. The first-order valence-corrected chi connectivity index (χ1v) is 5.97. The molecule has 4 heteroatoms.